The first-order valence-corrected chi connectivity index (χ1v) is 16.5. The maximum absolute atomic E-state index is 5.22. The molecular weight excluding hydrogens is 597 g/mol. The van der Waals surface area contributed by atoms with Crippen molar-refractivity contribution < 1.29 is 0 Å². The van der Waals surface area contributed by atoms with Crippen LogP contribution < -0.4 is 0 Å². The van der Waals surface area contributed by atoms with E-state index in [-0.39, 0.29) is 0 Å². The lowest BCUT2D eigenvalue weighted by Gasteiger charge is -2.14. The van der Waals surface area contributed by atoms with Crippen LogP contribution >= 0.6 is 0 Å². The topological polar surface area (TPSA) is 43.6 Å². The molecule has 0 saturated heterocycles. The number of nitrogens with zero attached hydrogens (tertiary/aromatic N) is 4. The molecule has 0 fully saturated rings. The highest BCUT2D eigenvalue weighted by Crippen LogP contribution is 2.38. The number of rotatable bonds is 4. The van der Waals surface area contributed by atoms with E-state index in [9.17, 15) is 0 Å². The molecule has 49 heavy (non-hydrogen) atoms. The third-order valence-electron chi connectivity index (χ3n) is 9.60. The Balaban J connectivity index is 1.23. The van der Waals surface area contributed by atoms with E-state index in [1.165, 1.54) is 37.8 Å². The largest absolute Gasteiger partial charge is 0.309 e. The van der Waals surface area contributed by atoms with Crippen LogP contribution in [0.25, 0.3) is 94.0 Å². The van der Waals surface area contributed by atoms with Crippen LogP contribution in [0.3, 0.4) is 0 Å². The van der Waals surface area contributed by atoms with Gasteiger partial charge in [0.15, 0.2) is 17.5 Å². The molecule has 10 aromatic rings. The quantitative estimate of drug-likeness (QED) is 0.183. The number of hydrogen-bond donors (Lipinski definition) is 0. The van der Waals surface area contributed by atoms with Gasteiger partial charge in [0, 0.05) is 38.5 Å². The van der Waals surface area contributed by atoms with E-state index in [0.29, 0.717) is 17.5 Å². The average molecular weight is 625 g/mol. The predicted octanol–water partition coefficient (Wildman–Crippen LogP) is 11.4. The monoisotopic (exact) mass is 624 g/mol. The van der Waals surface area contributed by atoms with E-state index in [1.807, 2.05) is 18.2 Å². The first-order valence-electron chi connectivity index (χ1n) is 16.5. The summed E-state index contributed by atoms with van der Waals surface area (Å²) in [5.74, 6) is 1.93. The SMILES string of the molecule is c1ccc(-c2nc(-c3cccc(-n4c5ccccc5c5ccc6ccccc6c54)c3)nc(-c3cc4ccccc4c4ccccc34)n2)cc1. The Morgan fingerprint density at radius 3 is 1.80 bits per heavy atom. The molecule has 8 aromatic carbocycles. The Morgan fingerprint density at radius 1 is 0.347 bits per heavy atom. The van der Waals surface area contributed by atoms with Crippen LogP contribution in [0.5, 0.6) is 0 Å². The zero-order valence-corrected chi connectivity index (χ0v) is 26.5. The maximum atomic E-state index is 5.22. The lowest BCUT2D eigenvalue weighted by atomic mass is 9.97. The second kappa shape index (κ2) is 11.0. The third-order valence-corrected chi connectivity index (χ3v) is 9.60. The van der Waals surface area contributed by atoms with Crippen molar-refractivity contribution >= 4 is 54.1 Å². The summed E-state index contributed by atoms with van der Waals surface area (Å²) in [6.07, 6.45) is 0. The highest BCUT2D eigenvalue weighted by atomic mass is 15.0. The Morgan fingerprint density at radius 2 is 0.959 bits per heavy atom. The molecule has 4 nitrogen and oxygen atoms in total. The van der Waals surface area contributed by atoms with E-state index in [4.69, 9.17) is 15.0 Å². The fourth-order valence-corrected chi connectivity index (χ4v) is 7.36. The van der Waals surface area contributed by atoms with E-state index in [1.54, 1.807) is 0 Å². The molecule has 0 unspecified atom stereocenters. The predicted molar refractivity (Wildman–Crippen MR) is 203 cm³/mol. The second-order valence-corrected chi connectivity index (χ2v) is 12.4. The van der Waals surface area contributed by atoms with Crippen LogP contribution in [-0.2, 0) is 0 Å². The van der Waals surface area contributed by atoms with Crippen molar-refractivity contribution in [2.24, 2.45) is 0 Å². The van der Waals surface area contributed by atoms with Gasteiger partial charge in [-0.15, -0.1) is 0 Å². The van der Waals surface area contributed by atoms with E-state index in [0.717, 1.165) is 38.7 Å². The first-order chi connectivity index (χ1) is 24.3. The van der Waals surface area contributed by atoms with Crippen LogP contribution in [0, 0.1) is 0 Å². The highest BCUT2D eigenvalue weighted by Gasteiger charge is 2.18. The summed E-state index contributed by atoms with van der Waals surface area (Å²) < 4.78 is 2.38. The smallest absolute Gasteiger partial charge is 0.164 e. The lowest BCUT2D eigenvalue weighted by Crippen LogP contribution is -2.01. The number of fused-ring (bicyclic) bond motifs is 8. The van der Waals surface area contributed by atoms with Gasteiger partial charge in [0.1, 0.15) is 0 Å². The molecule has 4 heteroatoms. The van der Waals surface area contributed by atoms with E-state index < -0.39 is 0 Å². The zero-order valence-electron chi connectivity index (χ0n) is 26.5. The summed E-state index contributed by atoms with van der Waals surface area (Å²) in [5.41, 5.74) is 6.27. The highest BCUT2D eigenvalue weighted by molar-refractivity contribution is 6.18. The molecule has 0 bridgehead atoms. The summed E-state index contributed by atoms with van der Waals surface area (Å²) in [4.78, 5) is 15.4. The molecule has 0 atom stereocenters. The molecule has 0 saturated carbocycles. The van der Waals surface area contributed by atoms with Gasteiger partial charge < -0.3 is 4.57 Å². The van der Waals surface area contributed by atoms with Crippen molar-refractivity contribution in [3.8, 4) is 39.9 Å². The Hall–Kier alpha value is -6.65. The molecular formula is C45H28N4. The molecule has 0 spiro atoms. The van der Waals surface area contributed by atoms with Gasteiger partial charge in [-0.1, -0.05) is 146 Å². The van der Waals surface area contributed by atoms with Crippen LogP contribution in [0.1, 0.15) is 0 Å². The maximum Gasteiger partial charge on any atom is 0.164 e. The fraction of sp³-hybridized carbons (Fsp3) is 0. The van der Waals surface area contributed by atoms with Crippen molar-refractivity contribution in [1.82, 2.24) is 19.5 Å². The zero-order chi connectivity index (χ0) is 32.3. The molecule has 0 amide bonds. The average Bonchev–Trinajstić information content (AvgIpc) is 3.53. The van der Waals surface area contributed by atoms with Crippen molar-refractivity contribution in [1.29, 1.82) is 0 Å². The fourth-order valence-electron chi connectivity index (χ4n) is 7.36. The minimum absolute atomic E-state index is 0.633. The van der Waals surface area contributed by atoms with Gasteiger partial charge in [-0.05, 0) is 51.2 Å². The van der Waals surface area contributed by atoms with Gasteiger partial charge >= 0.3 is 0 Å². The first kappa shape index (κ1) is 27.5. The van der Waals surface area contributed by atoms with E-state index >= 15 is 0 Å². The van der Waals surface area contributed by atoms with E-state index in [2.05, 4.69) is 156 Å². The standard InChI is InChI=1S/C45H28N4/c1-2-14-30(15-3-1)43-46-44(48-45(47-43)40-28-31-16-5-6-19-34(31)36-21-8-9-22-37(36)40)32-17-12-18-33(27-32)49-41-24-11-10-23-38(41)39-26-25-29-13-4-7-20-35(29)42(39)49/h1-28H. The third kappa shape index (κ3) is 4.42. The summed E-state index contributed by atoms with van der Waals surface area (Å²) in [7, 11) is 0. The van der Waals surface area contributed by atoms with Gasteiger partial charge in [0.05, 0.1) is 11.0 Å². The van der Waals surface area contributed by atoms with Gasteiger partial charge in [-0.25, -0.2) is 15.0 Å². The number of benzene rings is 8. The Kier molecular flexibility index (Phi) is 6.15. The summed E-state index contributed by atoms with van der Waals surface area (Å²) >= 11 is 0. The molecule has 10 rings (SSSR count). The van der Waals surface area contributed by atoms with Crippen LogP contribution in [0.4, 0.5) is 0 Å². The van der Waals surface area contributed by atoms with Crippen molar-refractivity contribution in [3.63, 3.8) is 0 Å². The van der Waals surface area contributed by atoms with Crippen molar-refractivity contribution in [3.05, 3.63) is 170 Å². The lowest BCUT2D eigenvalue weighted by molar-refractivity contribution is 1.07. The molecule has 0 aliphatic heterocycles. The summed E-state index contributed by atoms with van der Waals surface area (Å²) in [6.45, 7) is 0. The molecule has 0 radical (unpaired) electrons. The molecule has 228 valence electrons. The van der Waals surface area contributed by atoms with Gasteiger partial charge in [-0.2, -0.15) is 0 Å². The molecule has 0 N–H and O–H groups in total. The van der Waals surface area contributed by atoms with Crippen molar-refractivity contribution in [2.75, 3.05) is 0 Å². The van der Waals surface area contributed by atoms with Crippen LogP contribution in [-0.4, -0.2) is 19.5 Å². The number of para-hydroxylation sites is 1. The van der Waals surface area contributed by atoms with Crippen LogP contribution in [0.2, 0.25) is 0 Å². The summed E-state index contributed by atoms with van der Waals surface area (Å²) in [5, 5.41) is 9.56. The van der Waals surface area contributed by atoms with Gasteiger partial charge in [0.2, 0.25) is 0 Å². The minimum atomic E-state index is 0.633. The molecule has 2 aromatic heterocycles. The molecule has 0 aliphatic rings. The molecule has 2 heterocycles. The van der Waals surface area contributed by atoms with Gasteiger partial charge in [-0.3, -0.25) is 0 Å². The molecule has 0 aliphatic carbocycles. The van der Waals surface area contributed by atoms with Crippen LogP contribution in [0.15, 0.2) is 170 Å². The number of aromatic nitrogens is 4. The van der Waals surface area contributed by atoms with Gasteiger partial charge in [0.25, 0.3) is 0 Å². The number of hydrogen-bond acceptors (Lipinski definition) is 3. The van der Waals surface area contributed by atoms with Crippen molar-refractivity contribution in [2.45, 2.75) is 0 Å². The minimum Gasteiger partial charge on any atom is -0.309 e. The Bertz CT molecular complexity index is 2890. The second-order valence-electron chi connectivity index (χ2n) is 12.4. The summed E-state index contributed by atoms with van der Waals surface area (Å²) in [6, 6.07) is 59.7. The normalized spacial score (nSPS) is 11.7. The Labute approximate surface area is 282 Å².